The number of allylic oxidation sites excluding steroid dienone is 1. The normalized spacial score (nSPS) is 27.8. The highest BCUT2D eigenvalue weighted by Gasteiger charge is 2.31. The van der Waals surface area contributed by atoms with Crippen molar-refractivity contribution in [2.75, 3.05) is 19.7 Å². The first kappa shape index (κ1) is 10.7. The Morgan fingerprint density at radius 1 is 1.62 bits per heavy atom. The lowest BCUT2D eigenvalue weighted by Gasteiger charge is -2.34. The third-order valence-electron chi connectivity index (χ3n) is 2.16. The molecule has 1 rings (SSSR count). The fourth-order valence-corrected chi connectivity index (χ4v) is 1.62. The van der Waals surface area contributed by atoms with Gasteiger partial charge in [-0.15, -0.1) is 0 Å². The molecule has 0 aromatic heterocycles. The van der Waals surface area contributed by atoms with E-state index in [-0.39, 0.29) is 6.10 Å². The van der Waals surface area contributed by atoms with Crippen molar-refractivity contribution in [3.8, 4) is 0 Å². The molecule has 3 nitrogen and oxygen atoms in total. The van der Waals surface area contributed by atoms with E-state index in [4.69, 9.17) is 4.74 Å². The van der Waals surface area contributed by atoms with Crippen LogP contribution >= 0.6 is 0 Å². The van der Waals surface area contributed by atoms with E-state index >= 15 is 0 Å². The molecule has 0 saturated carbocycles. The van der Waals surface area contributed by atoms with Gasteiger partial charge in [-0.25, -0.2) is 0 Å². The molecule has 0 bridgehead atoms. The minimum Gasteiger partial charge on any atom is -0.383 e. The fourth-order valence-electron chi connectivity index (χ4n) is 1.62. The summed E-state index contributed by atoms with van der Waals surface area (Å²) in [5, 5.41) is 13.3. The highest BCUT2D eigenvalue weighted by atomic mass is 16.5. The molecule has 0 aromatic rings. The van der Waals surface area contributed by atoms with Gasteiger partial charge in [0.2, 0.25) is 0 Å². The number of rotatable bonds is 2. The van der Waals surface area contributed by atoms with E-state index in [1.54, 1.807) is 6.92 Å². The molecule has 1 aliphatic rings. The van der Waals surface area contributed by atoms with Gasteiger partial charge in [0, 0.05) is 13.1 Å². The number of nitrogens with one attached hydrogen (secondary N) is 1. The van der Waals surface area contributed by atoms with Gasteiger partial charge in [-0.1, -0.05) is 11.6 Å². The van der Waals surface area contributed by atoms with Gasteiger partial charge in [-0.3, -0.25) is 0 Å². The molecule has 1 saturated heterocycles. The molecule has 76 valence electrons. The second-order valence-corrected chi connectivity index (χ2v) is 4.01. The summed E-state index contributed by atoms with van der Waals surface area (Å²) in [6.07, 6.45) is 1.72. The predicted octanol–water partition coefficient (Wildman–Crippen LogP) is 0.692. The first-order valence-electron chi connectivity index (χ1n) is 4.73. The molecule has 0 amide bonds. The second kappa shape index (κ2) is 4.22. The lowest BCUT2D eigenvalue weighted by Crippen LogP contribution is -2.50. The lowest BCUT2D eigenvalue weighted by molar-refractivity contribution is -0.0838. The van der Waals surface area contributed by atoms with E-state index in [1.165, 1.54) is 0 Å². The van der Waals surface area contributed by atoms with Gasteiger partial charge in [0.15, 0.2) is 0 Å². The van der Waals surface area contributed by atoms with Gasteiger partial charge in [-0.2, -0.15) is 0 Å². The summed E-state index contributed by atoms with van der Waals surface area (Å²) in [4.78, 5) is 0. The minimum absolute atomic E-state index is 0.129. The highest BCUT2D eigenvalue weighted by Crippen LogP contribution is 2.18. The van der Waals surface area contributed by atoms with Gasteiger partial charge in [0.05, 0.1) is 6.61 Å². The average Bonchev–Trinajstić information content (AvgIpc) is 2.04. The van der Waals surface area contributed by atoms with Gasteiger partial charge in [0.1, 0.15) is 11.7 Å². The molecule has 2 N–H and O–H groups in total. The predicted molar refractivity (Wildman–Crippen MR) is 52.7 cm³/mol. The molecule has 13 heavy (non-hydrogen) atoms. The van der Waals surface area contributed by atoms with Crippen LogP contribution in [0.4, 0.5) is 0 Å². The van der Waals surface area contributed by atoms with Crippen molar-refractivity contribution >= 4 is 0 Å². The molecule has 0 aliphatic carbocycles. The zero-order valence-electron chi connectivity index (χ0n) is 8.63. The largest absolute Gasteiger partial charge is 0.383 e. The van der Waals surface area contributed by atoms with E-state index in [1.807, 2.05) is 19.9 Å². The first-order chi connectivity index (χ1) is 6.02. The molecule has 0 aromatic carbocycles. The molecule has 3 heteroatoms. The monoisotopic (exact) mass is 185 g/mol. The summed E-state index contributed by atoms with van der Waals surface area (Å²) >= 11 is 0. The molecule has 1 aliphatic heterocycles. The molecule has 2 unspecified atom stereocenters. The topological polar surface area (TPSA) is 41.5 Å². The van der Waals surface area contributed by atoms with Crippen LogP contribution in [0.25, 0.3) is 0 Å². The minimum atomic E-state index is -0.855. The van der Waals surface area contributed by atoms with Crippen molar-refractivity contribution in [2.45, 2.75) is 32.5 Å². The standard InChI is InChI=1S/C10H19NO2/c1-8(2)6-10(3,12)9-7-11-4-5-13-9/h6,9,11-12H,4-5,7H2,1-3H3. The maximum absolute atomic E-state index is 10.1. The Kier molecular flexibility index (Phi) is 3.47. The number of ether oxygens (including phenoxy) is 1. The van der Waals surface area contributed by atoms with Gasteiger partial charge < -0.3 is 15.2 Å². The van der Waals surface area contributed by atoms with Gasteiger partial charge in [0.25, 0.3) is 0 Å². The number of aliphatic hydroxyl groups is 1. The van der Waals surface area contributed by atoms with E-state index in [0.717, 1.165) is 18.7 Å². The SMILES string of the molecule is CC(C)=CC(C)(O)C1CNCCO1. The Bertz CT molecular complexity index is 189. The molecular formula is C10H19NO2. The van der Waals surface area contributed by atoms with Gasteiger partial charge >= 0.3 is 0 Å². The Labute approximate surface area is 79.8 Å². The van der Waals surface area contributed by atoms with E-state index in [9.17, 15) is 5.11 Å². The maximum Gasteiger partial charge on any atom is 0.107 e. The zero-order valence-corrected chi connectivity index (χ0v) is 8.63. The van der Waals surface area contributed by atoms with Crippen LogP contribution in [0.3, 0.4) is 0 Å². The van der Waals surface area contributed by atoms with E-state index in [2.05, 4.69) is 5.32 Å². The molecule has 0 radical (unpaired) electrons. The third kappa shape index (κ3) is 3.10. The summed E-state index contributed by atoms with van der Waals surface area (Å²) in [6.45, 7) is 8.02. The average molecular weight is 185 g/mol. The number of hydrogen-bond donors (Lipinski definition) is 2. The maximum atomic E-state index is 10.1. The van der Waals surface area contributed by atoms with Crippen molar-refractivity contribution in [1.29, 1.82) is 0 Å². The van der Waals surface area contributed by atoms with Crippen LogP contribution in [0.5, 0.6) is 0 Å². The second-order valence-electron chi connectivity index (χ2n) is 4.01. The number of morpholine rings is 1. The fraction of sp³-hybridized carbons (Fsp3) is 0.800. The number of hydrogen-bond acceptors (Lipinski definition) is 3. The summed E-state index contributed by atoms with van der Waals surface area (Å²) in [5.41, 5.74) is 0.255. The Hall–Kier alpha value is -0.380. The van der Waals surface area contributed by atoms with Crippen LogP contribution in [0.1, 0.15) is 20.8 Å². The molecule has 1 heterocycles. The van der Waals surface area contributed by atoms with E-state index < -0.39 is 5.60 Å². The lowest BCUT2D eigenvalue weighted by atomic mass is 9.96. The van der Waals surface area contributed by atoms with Crippen molar-refractivity contribution in [3.63, 3.8) is 0 Å². The Balaban J connectivity index is 2.61. The van der Waals surface area contributed by atoms with Crippen molar-refractivity contribution < 1.29 is 9.84 Å². The smallest absolute Gasteiger partial charge is 0.107 e. The highest BCUT2D eigenvalue weighted by molar-refractivity contribution is 5.09. The van der Waals surface area contributed by atoms with Crippen LogP contribution in [0, 0.1) is 0 Å². The van der Waals surface area contributed by atoms with Crippen LogP contribution in [0.15, 0.2) is 11.6 Å². The summed E-state index contributed by atoms with van der Waals surface area (Å²) in [6, 6.07) is 0. The van der Waals surface area contributed by atoms with Crippen LogP contribution < -0.4 is 5.32 Å². The Morgan fingerprint density at radius 3 is 2.77 bits per heavy atom. The quantitative estimate of drug-likeness (QED) is 0.622. The van der Waals surface area contributed by atoms with Gasteiger partial charge in [-0.05, 0) is 20.8 Å². The Morgan fingerprint density at radius 2 is 2.31 bits per heavy atom. The van der Waals surface area contributed by atoms with Crippen LogP contribution in [0.2, 0.25) is 0 Å². The molecule has 1 fully saturated rings. The molecule has 2 atom stereocenters. The summed E-state index contributed by atoms with van der Waals surface area (Å²) < 4.78 is 5.49. The van der Waals surface area contributed by atoms with Crippen LogP contribution in [-0.4, -0.2) is 36.5 Å². The van der Waals surface area contributed by atoms with Crippen molar-refractivity contribution in [1.82, 2.24) is 5.32 Å². The first-order valence-corrected chi connectivity index (χ1v) is 4.73. The third-order valence-corrected chi connectivity index (χ3v) is 2.16. The van der Waals surface area contributed by atoms with Crippen molar-refractivity contribution in [3.05, 3.63) is 11.6 Å². The molecule has 0 spiro atoms. The summed E-state index contributed by atoms with van der Waals surface area (Å²) in [7, 11) is 0. The van der Waals surface area contributed by atoms with Crippen LogP contribution in [-0.2, 0) is 4.74 Å². The van der Waals surface area contributed by atoms with Crippen molar-refractivity contribution in [2.24, 2.45) is 0 Å². The molecular weight excluding hydrogens is 166 g/mol. The van der Waals surface area contributed by atoms with E-state index in [0.29, 0.717) is 6.61 Å². The summed E-state index contributed by atoms with van der Waals surface area (Å²) in [5.74, 6) is 0. The zero-order chi connectivity index (χ0) is 9.90.